The maximum Gasteiger partial charge on any atom is 0.248 e. The van der Waals surface area contributed by atoms with Crippen molar-refractivity contribution in [3.8, 4) is 17.1 Å². The predicted octanol–water partition coefficient (Wildman–Crippen LogP) is 1.86. The number of carbonyl (C=O) groups excluding carboxylic acids is 1. The summed E-state index contributed by atoms with van der Waals surface area (Å²) in [6, 6.07) is 4.89. The molecule has 7 heteroatoms. The Bertz CT molecular complexity index is 898. The number of H-pyrrole nitrogens is 2. The maximum absolute atomic E-state index is 11.2. The van der Waals surface area contributed by atoms with Crippen molar-refractivity contribution in [1.29, 1.82) is 0 Å². The van der Waals surface area contributed by atoms with Crippen molar-refractivity contribution < 1.29 is 9.53 Å². The minimum atomic E-state index is -0.352. The molecule has 2 N–H and O–H groups in total. The molecule has 0 amide bonds. The first-order chi connectivity index (χ1) is 11.2. The van der Waals surface area contributed by atoms with E-state index in [1.54, 1.807) is 18.5 Å². The summed E-state index contributed by atoms with van der Waals surface area (Å²) in [6.45, 7) is 2.14. The van der Waals surface area contributed by atoms with Gasteiger partial charge in [0, 0.05) is 24.0 Å². The first-order valence-corrected chi connectivity index (χ1v) is 6.94. The van der Waals surface area contributed by atoms with E-state index in [1.807, 2.05) is 13.0 Å². The summed E-state index contributed by atoms with van der Waals surface area (Å²) in [4.78, 5) is 29.1. The summed E-state index contributed by atoms with van der Waals surface area (Å²) in [6.07, 6.45) is 5.38. The molecule has 7 nitrogen and oxygen atoms in total. The highest BCUT2D eigenvalue weighted by atomic mass is 16.5. The second-order valence-electron chi connectivity index (χ2n) is 4.96. The molecule has 0 unspecified atom stereocenters. The molecule has 116 valence electrons. The Balaban J connectivity index is 1.89. The molecule has 0 bridgehead atoms. The van der Waals surface area contributed by atoms with Gasteiger partial charge >= 0.3 is 0 Å². The number of ether oxygens (including phenoxy) is 1. The fourth-order valence-electron chi connectivity index (χ4n) is 2.21. The fraction of sp³-hybridized carbons (Fsp3) is 0.125. The summed E-state index contributed by atoms with van der Waals surface area (Å²) in [5, 5.41) is 6.92. The van der Waals surface area contributed by atoms with E-state index in [0.717, 1.165) is 22.5 Å². The molecule has 0 aliphatic rings. The van der Waals surface area contributed by atoms with E-state index < -0.39 is 0 Å². The van der Waals surface area contributed by atoms with Gasteiger partial charge in [0.1, 0.15) is 12.4 Å². The second kappa shape index (κ2) is 6.27. The predicted molar refractivity (Wildman–Crippen MR) is 83.3 cm³/mol. The van der Waals surface area contributed by atoms with Crippen molar-refractivity contribution in [3.05, 3.63) is 63.8 Å². The van der Waals surface area contributed by atoms with E-state index in [-0.39, 0.29) is 17.7 Å². The van der Waals surface area contributed by atoms with Crippen LogP contribution in [0.4, 0.5) is 0 Å². The van der Waals surface area contributed by atoms with Crippen LogP contribution in [0, 0.1) is 6.92 Å². The normalized spacial score (nSPS) is 10.5. The van der Waals surface area contributed by atoms with Crippen LogP contribution in [0.5, 0.6) is 5.75 Å². The van der Waals surface area contributed by atoms with Gasteiger partial charge in [-0.3, -0.25) is 19.7 Å². The van der Waals surface area contributed by atoms with Crippen molar-refractivity contribution in [2.24, 2.45) is 0 Å². The summed E-state index contributed by atoms with van der Waals surface area (Å²) >= 11 is 0. The first-order valence-electron chi connectivity index (χ1n) is 6.94. The molecule has 0 saturated carbocycles. The van der Waals surface area contributed by atoms with Crippen molar-refractivity contribution in [3.63, 3.8) is 0 Å². The molecule has 0 fully saturated rings. The van der Waals surface area contributed by atoms with E-state index >= 15 is 0 Å². The topological polar surface area (TPSA) is 101 Å². The monoisotopic (exact) mass is 310 g/mol. The zero-order chi connectivity index (χ0) is 16.2. The maximum atomic E-state index is 11.2. The van der Waals surface area contributed by atoms with Crippen LogP contribution >= 0.6 is 0 Å². The number of aldehydes is 1. The Morgan fingerprint density at radius 3 is 3.00 bits per heavy atom. The molecule has 23 heavy (non-hydrogen) atoms. The number of pyridine rings is 2. The largest absolute Gasteiger partial charge is 0.487 e. The lowest BCUT2D eigenvalue weighted by atomic mass is 10.1. The molecule has 3 rings (SSSR count). The zero-order valence-electron chi connectivity index (χ0n) is 12.4. The number of aromatic nitrogens is 4. The molecule has 0 aromatic carbocycles. The van der Waals surface area contributed by atoms with Crippen LogP contribution < -0.4 is 10.3 Å². The van der Waals surface area contributed by atoms with Gasteiger partial charge in [-0.1, -0.05) is 6.07 Å². The van der Waals surface area contributed by atoms with Crippen LogP contribution in [0.2, 0.25) is 0 Å². The van der Waals surface area contributed by atoms with Crippen LogP contribution in [0.3, 0.4) is 0 Å². The summed E-state index contributed by atoms with van der Waals surface area (Å²) in [5.41, 5.74) is 3.22. The highest BCUT2D eigenvalue weighted by molar-refractivity contribution is 5.78. The molecule has 0 atom stereocenters. The molecule has 3 aromatic rings. The fourth-order valence-corrected chi connectivity index (χ4v) is 2.21. The van der Waals surface area contributed by atoms with E-state index in [0.29, 0.717) is 12.0 Å². The zero-order valence-corrected chi connectivity index (χ0v) is 12.4. The van der Waals surface area contributed by atoms with Crippen molar-refractivity contribution >= 4 is 6.29 Å². The van der Waals surface area contributed by atoms with Gasteiger partial charge in [0.05, 0.1) is 23.1 Å². The Morgan fingerprint density at radius 1 is 1.39 bits per heavy atom. The van der Waals surface area contributed by atoms with Gasteiger partial charge in [-0.15, -0.1) is 0 Å². The first kappa shape index (κ1) is 14.7. The molecular weight excluding hydrogens is 296 g/mol. The molecular formula is C16H14N4O3. The average Bonchev–Trinajstić information content (AvgIpc) is 2.99. The number of hydrogen-bond acceptors (Lipinski definition) is 5. The highest BCUT2D eigenvalue weighted by Gasteiger charge is 2.12. The number of aromatic amines is 2. The molecule has 0 aliphatic heterocycles. The number of hydrogen-bond donors (Lipinski definition) is 2. The van der Waals surface area contributed by atoms with Crippen LogP contribution in [-0.4, -0.2) is 26.5 Å². The second-order valence-corrected chi connectivity index (χ2v) is 4.96. The lowest BCUT2D eigenvalue weighted by molar-refractivity contribution is 0.111. The van der Waals surface area contributed by atoms with Crippen LogP contribution in [0.1, 0.15) is 21.5 Å². The summed E-state index contributed by atoms with van der Waals surface area (Å²) in [5.74, 6) is 0.315. The van der Waals surface area contributed by atoms with E-state index in [1.165, 1.54) is 12.3 Å². The Hall–Kier alpha value is -3.22. The lowest BCUT2D eigenvalue weighted by Gasteiger charge is -2.11. The Labute approximate surface area is 131 Å². The van der Waals surface area contributed by atoms with Gasteiger partial charge in [0.25, 0.3) is 0 Å². The third-order valence-corrected chi connectivity index (χ3v) is 3.38. The number of nitrogens with zero attached hydrogens (tertiary/aromatic N) is 2. The SMILES string of the molecule is Cc1cn[nH]c1-c1ncccc1COc1c[nH]c(=O)cc1C=O. The number of nitrogens with one attached hydrogen (secondary N) is 2. The quantitative estimate of drug-likeness (QED) is 0.700. The van der Waals surface area contributed by atoms with Gasteiger partial charge in [0.2, 0.25) is 5.56 Å². The number of aryl methyl sites for hydroxylation is 1. The minimum absolute atomic E-state index is 0.203. The van der Waals surface area contributed by atoms with Gasteiger partial charge in [-0.25, -0.2) is 0 Å². The molecule has 0 saturated heterocycles. The third-order valence-electron chi connectivity index (χ3n) is 3.38. The van der Waals surface area contributed by atoms with E-state index in [9.17, 15) is 9.59 Å². The lowest BCUT2D eigenvalue weighted by Crippen LogP contribution is -2.08. The van der Waals surface area contributed by atoms with Crippen molar-refractivity contribution in [2.75, 3.05) is 0 Å². The average molecular weight is 310 g/mol. The Morgan fingerprint density at radius 2 is 2.26 bits per heavy atom. The van der Waals surface area contributed by atoms with E-state index in [2.05, 4.69) is 20.2 Å². The van der Waals surface area contributed by atoms with Gasteiger partial charge in [-0.2, -0.15) is 5.10 Å². The van der Waals surface area contributed by atoms with Crippen LogP contribution in [0.15, 0.2) is 41.6 Å². The van der Waals surface area contributed by atoms with E-state index in [4.69, 9.17) is 4.74 Å². The standard InChI is InChI=1S/C16H14N4O3/c1-10-6-19-20-15(10)16-11(3-2-4-17-16)9-23-13-7-18-14(22)5-12(13)8-21/h2-8H,9H2,1H3,(H,18,22)(H,19,20). The summed E-state index contributed by atoms with van der Waals surface area (Å²) < 4.78 is 5.67. The van der Waals surface area contributed by atoms with Crippen LogP contribution in [0.25, 0.3) is 11.4 Å². The van der Waals surface area contributed by atoms with Crippen LogP contribution in [-0.2, 0) is 6.61 Å². The molecule has 0 spiro atoms. The van der Waals surface area contributed by atoms with Gasteiger partial charge in [-0.05, 0) is 18.6 Å². The third kappa shape index (κ3) is 3.03. The molecule has 0 radical (unpaired) electrons. The molecule has 3 heterocycles. The minimum Gasteiger partial charge on any atom is -0.487 e. The Kier molecular flexibility index (Phi) is 4.01. The molecule has 3 aromatic heterocycles. The van der Waals surface area contributed by atoms with Gasteiger partial charge in [0.15, 0.2) is 6.29 Å². The smallest absolute Gasteiger partial charge is 0.248 e. The molecule has 0 aliphatic carbocycles. The van der Waals surface area contributed by atoms with Gasteiger partial charge < -0.3 is 9.72 Å². The van der Waals surface area contributed by atoms with Crippen molar-refractivity contribution in [2.45, 2.75) is 13.5 Å². The van der Waals surface area contributed by atoms with Crippen molar-refractivity contribution in [1.82, 2.24) is 20.2 Å². The summed E-state index contributed by atoms with van der Waals surface area (Å²) in [7, 11) is 0. The number of carbonyl (C=O) groups is 1. The highest BCUT2D eigenvalue weighted by Crippen LogP contribution is 2.23. The number of rotatable bonds is 5.